The number of carbonyl (C=O) groups excluding carboxylic acids is 2. The second-order valence-corrected chi connectivity index (χ2v) is 9.86. The topological polar surface area (TPSA) is 98.7 Å². The van der Waals surface area contributed by atoms with E-state index in [0.29, 0.717) is 47.5 Å². The Labute approximate surface area is 241 Å². The van der Waals surface area contributed by atoms with Crippen LogP contribution in [0.3, 0.4) is 0 Å². The van der Waals surface area contributed by atoms with Crippen LogP contribution < -0.4 is 10.6 Å². The number of phenols is 2. The molecule has 0 bridgehead atoms. The lowest BCUT2D eigenvalue weighted by Gasteiger charge is -2.38. The third kappa shape index (κ3) is 5.99. The summed E-state index contributed by atoms with van der Waals surface area (Å²) in [5, 5.41) is 24.9. The number of carbonyl (C=O) groups is 2. The van der Waals surface area contributed by atoms with E-state index in [4.69, 9.17) is 0 Å². The first kappa shape index (κ1) is 30.9. The van der Waals surface area contributed by atoms with Gasteiger partial charge in [-0.2, -0.15) is 26.3 Å². The van der Waals surface area contributed by atoms with Gasteiger partial charge in [0, 0.05) is 11.1 Å². The fourth-order valence-corrected chi connectivity index (χ4v) is 4.68. The first-order valence-corrected chi connectivity index (χ1v) is 12.6. The number of halogens is 6. The molecule has 0 aliphatic rings. The SMILES string of the molecule is Cc1cccc(C(=O)Nc2cc(C(c3ccc(O)c(NC(=O)c4cccc(C)c4)c3)(C(F)(F)F)C(F)(F)F)ccc2O)c1. The van der Waals surface area contributed by atoms with Crippen LogP contribution in [-0.4, -0.2) is 34.4 Å². The molecule has 0 spiro atoms. The fourth-order valence-electron chi connectivity index (χ4n) is 4.68. The van der Waals surface area contributed by atoms with E-state index < -0.39 is 63.6 Å². The van der Waals surface area contributed by atoms with Crippen molar-refractivity contribution in [3.8, 4) is 11.5 Å². The number of amides is 2. The van der Waals surface area contributed by atoms with Gasteiger partial charge in [0.2, 0.25) is 5.41 Å². The van der Waals surface area contributed by atoms with E-state index in [1.54, 1.807) is 26.0 Å². The highest BCUT2D eigenvalue weighted by Gasteiger charge is 2.72. The standard InChI is InChI=1S/C31H24F6N2O4/c1-17-5-3-7-19(13-17)27(42)38-23-15-21(9-11-25(23)40)29(30(32,33)34,31(35,36)37)22-10-12-26(41)24(16-22)39-28(43)20-8-4-6-18(2)14-20/h3-16,40-41H,1-2H3,(H,38,42)(H,39,43). The lowest BCUT2D eigenvalue weighted by atomic mass is 9.72. The van der Waals surface area contributed by atoms with Crippen molar-refractivity contribution in [3.05, 3.63) is 118 Å². The molecule has 0 saturated carbocycles. The van der Waals surface area contributed by atoms with Crippen LogP contribution in [0, 0.1) is 13.8 Å². The monoisotopic (exact) mass is 602 g/mol. The normalized spacial score (nSPS) is 12.1. The van der Waals surface area contributed by atoms with Crippen molar-refractivity contribution in [1.82, 2.24) is 0 Å². The van der Waals surface area contributed by atoms with Gasteiger partial charge in [-0.15, -0.1) is 0 Å². The summed E-state index contributed by atoms with van der Waals surface area (Å²) in [6.45, 7) is 3.34. The number of aryl methyl sites for hydroxylation is 2. The number of hydrogen-bond acceptors (Lipinski definition) is 4. The third-order valence-electron chi connectivity index (χ3n) is 6.77. The Hall–Kier alpha value is -5.00. The molecule has 0 aliphatic heterocycles. The summed E-state index contributed by atoms with van der Waals surface area (Å²) in [4.78, 5) is 25.5. The van der Waals surface area contributed by atoms with Gasteiger partial charge >= 0.3 is 12.4 Å². The van der Waals surface area contributed by atoms with Gasteiger partial charge in [-0.1, -0.05) is 47.5 Å². The van der Waals surface area contributed by atoms with E-state index in [9.17, 15) is 46.1 Å². The smallest absolute Gasteiger partial charge is 0.411 e. The van der Waals surface area contributed by atoms with E-state index in [-0.39, 0.29) is 11.1 Å². The Balaban J connectivity index is 1.86. The van der Waals surface area contributed by atoms with E-state index in [2.05, 4.69) is 10.6 Å². The highest BCUT2D eigenvalue weighted by molar-refractivity contribution is 6.06. The molecule has 0 aliphatic carbocycles. The Morgan fingerprint density at radius 1 is 0.581 bits per heavy atom. The quantitative estimate of drug-likeness (QED) is 0.135. The van der Waals surface area contributed by atoms with E-state index in [0.717, 1.165) is 0 Å². The van der Waals surface area contributed by atoms with Crippen molar-refractivity contribution in [2.24, 2.45) is 0 Å². The Morgan fingerprint density at radius 3 is 1.28 bits per heavy atom. The average molecular weight is 603 g/mol. The second-order valence-electron chi connectivity index (χ2n) is 9.86. The molecule has 2 amide bonds. The third-order valence-corrected chi connectivity index (χ3v) is 6.77. The zero-order chi connectivity index (χ0) is 31.7. The second kappa shape index (κ2) is 11.3. The molecular weight excluding hydrogens is 578 g/mol. The Bertz CT molecular complexity index is 1570. The molecule has 224 valence electrons. The maximum absolute atomic E-state index is 14.8. The van der Waals surface area contributed by atoms with Gasteiger partial charge in [-0.05, 0) is 73.5 Å². The number of aromatic hydroxyl groups is 2. The summed E-state index contributed by atoms with van der Waals surface area (Å²) in [6.07, 6.45) is -12.1. The number of phenolic OH excluding ortho intramolecular Hbond substituents is 2. The molecule has 4 rings (SSSR count). The van der Waals surface area contributed by atoms with Crippen molar-refractivity contribution in [2.45, 2.75) is 31.6 Å². The fraction of sp³-hybridized carbons (Fsp3) is 0.161. The van der Waals surface area contributed by atoms with Crippen LogP contribution in [0.25, 0.3) is 0 Å². The maximum Gasteiger partial charge on any atom is 0.411 e. The number of hydrogen-bond donors (Lipinski definition) is 4. The Kier molecular flexibility index (Phi) is 8.17. The minimum absolute atomic E-state index is 0.0511. The molecule has 0 fully saturated rings. The predicted molar refractivity (Wildman–Crippen MR) is 147 cm³/mol. The summed E-state index contributed by atoms with van der Waals surface area (Å²) >= 11 is 0. The minimum atomic E-state index is -6.03. The lowest BCUT2D eigenvalue weighted by Crippen LogP contribution is -2.54. The van der Waals surface area contributed by atoms with Gasteiger partial charge in [0.25, 0.3) is 11.8 Å². The lowest BCUT2D eigenvalue weighted by molar-refractivity contribution is -0.288. The minimum Gasteiger partial charge on any atom is -0.506 e. The van der Waals surface area contributed by atoms with Gasteiger partial charge in [-0.3, -0.25) is 9.59 Å². The van der Waals surface area contributed by atoms with Crippen LogP contribution in [0.4, 0.5) is 37.7 Å². The summed E-state index contributed by atoms with van der Waals surface area (Å²) in [5.41, 5.74) is -7.45. The van der Waals surface area contributed by atoms with E-state index >= 15 is 0 Å². The molecule has 4 aromatic rings. The summed E-state index contributed by atoms with van der Waals surface area (Å²) < 4.78 is 89.0. The molecule has 12 heteroatoms. The molecule has 0 aromatic heterocycles. The van der Waals surface area contributed by atoms with Crippen LogP contribution in [0.5, 0.6) is 11.5 Å². The zero-order valence-corrected chi connectivity index (χ0v) is 22.6. The highest BCUT2D eigenvalue weighted by atomic mass is 19.4. The number of anilines is 2. The first-order chi connectivity index (χ1) is 20.0. The number of nitrogens with one attached hydrogen (secondary N) is 2. The van der Waals surface area contributed by atoms with Gasteiger partial charge in [0.15, 0.2) is 0 Å². The average Bonchev–Trinajstić information content (AvgIpc) is 2.91. The van der Waals surface area contributed by atoms with Gasteiger partial charge < -0.3 is 20.8 Å². The molecule has 43 heavy (non-hydrogen) atoms. The first-order valence-electron chi connectivity index (χ1n) is 12.6. The number of benzene rings is 4. The van der Waals surface area contributed by atoms with Crippen LogP contribution in [0.1, 0.15) is 43.0 Å². The molecular formula is C31H24F6N2O4. The van der Waals surface area contributed by atoms with Crippen molar-refractivity contribution in [2.75, 3.05) is 10.6 Å². The van der Waals surface area contributed by atoms with Crippen molar-refractivity contribution >= 4 is 23.2 Å². The van der Waals surface area contributed by atoms with Crippen molar-refractivity contribution in [3.63, 3.8) is 0 Å². The Morgan fingerprint density at radius 2 is 0.953 bits per heavy atom. The summed E-state index contributed by atoms with van der Waals surface area (Å²) in [5.74, 6) is -3.32. The van der Waals surface area contributed by atoms with Crippen molar-refractivity contribution in [1.29, 1.82) is 0 Å². The van der Waals surface area contributed by atoms with Crippen LogP contribution in [-0.2, 0) is 5.41 Å². The highest BCUT2D eigenvalue weighted by Crippen LogP contribution is 2.57. The van der Waals surface area contributed by atoms with Crippen LogP contribution >= 0.6 is 0 Å². The van der Waals surface area contributed by atoms with E-state index in [1.165, 1.54) is 36.4 Å². The maximum atomic E-state index is 14.8. The molecule has 6 nitrogen and oxygen atoms in total. The molecule has 0 heterocycles. The van der Waals surface area contributed by atoms with E-state index in [1.807, 2.05) is 0 Å². The molecule has 0 atom stereocenters. The van der Waals surface area contributed by atoms with Gasteiger partial charge in [-0.25, -0.2) is 0 Å². The van der Waals surface area contributed by atoms with Gasteiger partial charge in [0.05, 0.1) is 11.4 Å². The molecule has 0 radical (unpaired) electrons. The summed E-state index contributed by atoms with van der Waals surface area (Å²) in [7, 11) is 0. The number of rotatable bonds is 6. The summed E-state index contributed by atoms with van der Waals surface area (Å²) in [6, 6.07) is 14.9. The molecule has 4 N–H and O–H groups in total. The van der Waals surface area contributed by atoms with Crippen LogP contribution in [0.15, 0.2) is 84.9 Å². The zero-order valence-electron chi connectivity index (χ0n) is 22.6. The predicted octanol–water partition coefficient (Wildman–Crippen LogP) is 7.63. The van der Waals surface area contributed by atoms with Crippen LogP contribution in [0.2, 0.25) is 0 Å². The molecule has 0 unspecified atom stereocenters. The number of alkyl halides is 6. The molecule has 4 aromatic carbocycles. The van der Waals surface area contributed by atoms with Crippen molar-refractivity contribution < 1.29 is 46.1 Å². The largest absolute Gasteiger partial charge is 0.506 e. The molecule has 0 saturated heterocycles. The van der Waals surface area contributed by atoms with Gasteiger partial charge in [0.1, 0.15) is 11.5 Å².